The van der Waals surface area contributed by atoms with Crippen LogP contribution in [0.15, 0.2) is 96.3 Å². The lowest BCUT2D eigenvalue weighted by Gasteiger charge is -2.31. The third-order valence-electron chi connectivity index (χ3n) is 6.95. The van der Waals surface area contributed by atoms with E-state index in [1.165, 1.54) is 0 Å². The number of aryl methyl sites for hydroxylation is 1. The van der Waals surface area contributed by atoms with Gasteiger partial charge in [0, 0.05) is 29.9 Å². The summed E-state index contributed by atoms with van der Waals surface area (Å²) in [7, 11) is 0. The van der Waals surface area contributed by atoms with Gasteiger partial charge in [-0.15, -0.1) is 0 Å². The van der Waals surface area contributed by atoms with Crippen molar-refractivity contribution in [3.8, 4) is 11.6 Å². The van der Waals surface area contributed by atoms with Gasteiger partial charge in [0.25, 0.3) is 0 Å². The first kappa shape index (κ1) is 22.4. The van der Waals surface area contributed by atoms with Crippen LogP contribution in [0.25, 0.3) is 0 Å². The van der Waals surface area contributed by atoms with Crippen LogP contribution in [-0.2, 0) is 17.9 Å². The Hall–Kier alpha value is -4.12. The van der Waals surface area contributed by atoms with Crippen molar-refractivity contribution in [1.29, 1.82) is 0 Å². The molecule has 5 nitrogen and oxygen atoms in total. The van der Waals surface area contributed by atoms with E-state index in [9.17, 15) is 4.79 Å². The van der Waals surface area contributed by atoms with Gasteiger partial charge in [-0.2, -0.15) is 5.10 Å². The van der Waals surface area contributed by atoms with Gasteiger partial charge >= 0.3 is 0 Å². The highest BCUT2D eigenvalue weighted by Crippen LogP contribution is 2.48. The van der Waals surface area contributed by atoms with Gasteiger partial charge in [-0.1, -0.05) is 72.8 Å². The molecule has 0 amide bonds. The topological polar surface area (TPSA) is 53.4 Å². The van der Waals surface area contributed by atoms with Gasteiger partial charge < -0.3 is 9.47 Å². The van der Waals surface area contributed by atoms with Crippen molar-refractivity contribution in [3.63, 3.8) is 0 Å². The molecule has 1 atom stereocenters. The van der Waals surface area contributed by atoms with Crippen LogP contribution in [-0.4, -0.2) is 15.6 Å². The molecule has 0 saturated heterocycles. The monoisotopic (exact) mass is 476 g/mol. The molecule has 6 rings (SSSR count). The number of fused-ring (bicyclic) bond motifs is 1. The minimum absolute atomic E-state index is 0.165. The number of allylic oxidation sites excluding steroid dienone is 2. The van der Waals surface area contributed by atoms with Gasteiger partial charge in [0.1, 0.15) is 18.1 Å². The van der Waals surface area contributed by atoms with Crippen molar-refractivity contribution in [2.45, 2.75) is 45.3 Å². The molecule has 4 aromatic rings. The Morgan fingerprint density at radius 1 is 0.944 bits per heavy atom. The lowest BCUT2D eigenvalue weighted by Crippen LogP contribution is -2.26. The van der Waals surface area contributed by atoms with Crippen LogP contribution in [0.5, 0.6) is 11.6 Å². The molecule has 0 bridgehead atoms. The minimum atomic E-state index is -0.221. The van der Waals surface area contributed by atoms with E-state index in [1.807, 2.05) is 60.1 Å². The van der Waals surface area contributed by atoms with Crippen molar-refractivity contribution < 1.29 is 14.3 Å². The summed E-state index contributed by atoms with van der Waals surface area (Å²) < 4.78 is 14.5. The van der Waals surface area contributed by atoms with E-state index >= 15 is 0 Å². The van der Waals surface area contributed by atoms with Gasteiger partial charge in [0.15, 0.2) is 5.78 Å². The van der Waals surface area contributed by atoms with E-state index in [0.717, 1.165) is 63.8 Å². The predicted molar refractivity (Wildman–Crippen MR) is 138 cm³/mol. The fourth-order valence-electron chi connectivity index (χ4n) is 5.26. The summed E-state index contributed by atoms with van der Waals surface area (Å²) >= 11 is 0. The molecular weight excluding hydrogens is 448 g/mol. The number of Topliss-reactive ketones (excluding diaryl/α,β-unsaturated/α-hetero) is 1. The number of ketones is 1. The molecule has 0 N–H and O–H groups in total. The average molecular weight is 477 g/mol. The summed E-state index contributed by atoms with van der Waals surface area (Å²) in [5.74, 6) is 2.25. The van der Waals surface area contributed by atoms with Crippen molar-refractivity contribution in [1.82, 2.24) is 9.78 Å². The molecule has 1 aliphatic heterocycles. The Morgan fingerprint density at radius 2 is 1.69 bits per heavy atom. The van der Waals surface area contributed by atoms with E-state index in [1.54, 1.807) is 0 Å². The third-order valence-corrected chi connectivity index (χ3v) is 6.95. The SMILES string of the molecule is Cc1nn(Cc2ccccc2)c2c1C(c1cccc(OCc3ccccc3)c1)C1=C(CCCC1=O)O2. The Morgan fingerprint density at radius 3 is 2.47 bits per heavy atom. The van der Waals surface area contributed by atoms with Crippen LogP contribution >= 0.6 is 0 Å². The lowest BCUT2D eigenvalue weighted by atomic mass is 9.77. The summed E-state index contributed by atoms with van der Waals surface area (Å²) in [5, 5.41) is 4.87. The van der Waals surface area contributed by atoms with Crippen LogP contribution in [0.2, 0.25) is 0 Å². The molecular formula is C31H28N2O3. The number of benzene rings is 3. The summed E-state index contributed by atoms with van der Waals surface area (Å²) in [6, 6.07) is 28.5. The first-order chi connectivity index (χ1) is 17.7. The van der Waals surface area contributed by atoms with Crippen LogP contribution in [0.3, 0.4) is 0 Å². The number of ether oxygens (including phenoxy) is 2. The van der Waals surface area contributed by atoms with Crippen molar-refractivity contribution >= 4 is 5.78 Å². The second-order valence-electron chi connectivity index (χ2n) is 9.44. The minimum Gasteiger partial charge on any atom is -0.489 e. The van der Waals surface area contributed by atoms with E-state index in [-0.39, 0.29) is 11.7 Å². The summed E-state index contributed by atoms with van der Waals surface area (Å²) in [6.45, 7) is 3.11. The molecule has 2 heterocycles. The zero-order chi connectivity index (χ0) is 24.5. The van der Waals surface area contributed by atoms with Gasteiger partial charge in [-0.3, -0.25) is 4.79 Å². The molecule has 0 spiro atoms. The van der Waals surface area contributed by atoms with E-state index in [4.69, 9.17) is 14.6 Å². The number of hydrogen-bond donors (Lipinski definition) is 0. The smallest absolute Gasteiger partial charge is 0.222 e. The van der Waals surface area contributed by atoms with Crippen molar-refractivity contribution in [3.05, 3.63) is 124 Å². The molecule has 0 radical (unpaired) electrons. The number of hydrogen-bond acceptors (Lipinski definition) is 4. The fourth-order valence-corrected chi connectivity index (χ4v) is 5.26. The second-order valence-corrected chi connectivity index (χ2v) is 9.44. The Labute approximate surface area is 211 Å². The molecule has 0 saturated carbocycles. The third kappa shape index (κ3) is 4.22. The van der Waals surface area contributed by atoms with Gasteiger partial charge in [-0.05, 0) is 42.2 Å². The Bertz CT molecular complexity index is 1440. The zero-order valence-electron chi connectivity index (χ0n) is 20.3. The van der Waals surface area contributed by atoms with Gasteiger partial charge in [0.2, 0.25) is 5.88 Å². The molecule has 5 heteroatoms. The number of aromatic nitrogens is 2. The number of carbonyl (C=O) groups excluding carboxylic acids is 1. The van der Waals surface area contributed by atoms with Crippen molar-refractivity contribution in [2.75, 3.05) is 0 Å². The highest BCUT2D eigenvalue weighted by molar-refractivity contribution is 5.99. The summed E-state index contributed by atoms with van der Waals surface area (Å²) in [5.41, 5.74) is 5.92. The highest BCUT2D eigenvalue weighted by atomic mass is 16.5. The quantitative estimate of drug-likeness (QED) is 0.325. The molecule has 1 aliphatic carbocycles. The maximum Gasteiger partial charge on any atom is 0.222 e. The molecule has 36 heavy (non-hydrogen) atoms. The van der Waals surface area contributed by atoms with Crippen LogP contribution < -0.4 is 9.47 Å². The first-order valence-corrected chi connectivity index (χ1v) is 12.5. The second kappa shape index (κ2) is 9.50. The van der Waals surface area contributed by atoms with E-state index in [2.05, 4.69) is 36.4 Å². The highest BCUT2D eigenvalue weighted by Gasteiger charge is 2.40. The van der Waals surface area contributed by atoms with E-state index in [0.29, 0.717) is 19.6 Å². The van der Waals surface area contributed by atoms with E-state index < -0.39 is 0 Å². The van der Waals surface area contributed by atoms with Crippen molar-refractivity contribution in [2.24, 2.45) is 0 Å². The van der Waals surface area contributed by atoms with Gasteiger partial charge in [0.05, 0.1) is 12.2 Å². The number of rotatable bonds is 6. The standard InChI is InChI=1S/C31H28N2O3/c1-21-28-29(24-14-8-15-25(18-24)35-20-23-12-6-3-7-13-23)30-26(34)16-9-17-27(30)36-31(28)33(32-21)19-22-10-4-2-5-11-22/h2-8,10-15,18,29H,9,16-17,19-20H2,1H3. The maximum absolute atomic E-state index is 13.2. The summed E-state index contributed by atoms with van der Waals surface area (Å²) in [4.78, 5) is 13.2. The lowest BCUT2D eigenvalue weighted by molar-refractivity contribution is -0.116. The molecule has 1 aromatic heterocycles. The predicted octanol–water partition coefficient (Wildman–Crippen LogP) is 6.35. The largest absolute Gasteiger partial charge is 0.489 e. The Balaban J connectivity index is 1.40. The molecule has 0 fully saturated rings. The normalized spacial score (nSPS) is 16.8. The fraction of sp³-hybridized carbons (Fsp3) is 0.226. The van der Waals surface area contributed by atoms with Crippen LogP contribution in [0.1, 0.15) is 53.1 Å². The molecule has 180 valence electrons. The molecule has 2 aliphatic rings. The van der Waals surface area contributed by atoms with Gasteiger partial charge in [-0.25, -0.2) is 4.68 Å². The zero-order valence-corrected chi connectivity index (χ0v) is 20.3. The average Bonchev–Trinajstić information content (AvgIpc) is 3.22. The molecule has 3 aromatic carbocycles. The number of carbonyl (C=O) groups is 1. The van der Waals surface area contributed by atoms with Crippen LogP contribution in [0.4, 0.5) is 0 Å². The maximum atomic E-state index is 13.2. The van der Waals surface area contributed by atoms with Crippen LogP contribution in [0, 0.1) is 6.92 Å². The summed E-state index contributed by atoms with van der Waals surface area (Å²) in [6.07, 6.45) is 2.12. The molecule has 1 unspecified atom stereocenters. The Kier molecular flexibility index (Phi) is 5.90. The first-order valence-electron chi connectivity index (χ1n) is 12.5. The number of nitrogens with zero attached hydrogens (tertiary/aromatic N) is 2.